The average molecular weight is 286 g/mol. The fourth-order valence-corrected chi connectivity index (χ4v) is 4.29. The highest BCUT2D eigenvalue weighted by Crippen LogP contribution is 2.39. The lowest BCUT2D eigenvalue weighted by atomic mass is 9.80. The molecule has 0 bridgehead atoms. The third-order valence-electron chi connectivity index (χ3n) is 4.51. The first kappa shape index (κ1) is 13.8. The first-order chi connectivity index (χ1) is 9.65. The molecular formula is C18H22OS. The number of hydrogen-bond donors (Lipinski definition) is 1. The van der Waals surface area contributed by atoms with Crippen molar-refractivity contribution < 1.29 is 5.11 Å². The number of hydrogen-bond acceptors (Lipinski definition) is 2. The standard InChI is InChI=1S/C18H22OS/c1-12-10-18(20-13(12)2)17(19)11-15-8-5-7-14-6-3-4-9-16(14)15/h3-4,6,9-10,15,17,19H,5,7-8,11H2,1-2H3. The van der Waals surface area contributed by atoms with Gasteiger partial charge in [0.25, 0.3) is 0 Å². The summed E-state index contributed by atoms with van der Waals surface area (Å²) < 4.78 is 0. The Bertz CT molecular complexity index is 580. The summed E-state index contributed by atoms with van der Waals surface area (Å²) in [5.41, 5.74) is 4.24. The Labute approximate surface area is 125 Å². The second kappa shape index (κ2) is 5.71. The van der Waals surface area contributed by atoms with E-state index in [4.69, 9.17) is 0 Å². The van der Waals surface area contributed by atoms with Crippen LogP contribution in [0.1, 0.15) is 57.7 Å². The summed E-state index contributed by atoms with van der Waals surface area (Å²) in [5.74, 6) is 0.512. The molecule has 3 rings (SSSR count). The third-order valence-corrected chi connectivity index (χ3v) is 5.77. The zero-order chi connectivity index (χ0) is 14.1. The zero-order valence-electron chi connectivity index (χ0n) is 12.2. The summed E-state index contributed by atoms with van der Waals surface area (Å²) in [4.78, 5) is 2.45. The van der Waals surface area contributed by atoms with Crippen LogP contribution in [0.3, 0.4) is 0 Å². The molecule has 0 saturated carbocycles. The van der Waals surface area contributed by atoms with E-state index in [9.17, 15) is 5.11 Å². The predicted octanol–water partition coefficient (Wildman–Crippen LogP) is 4.91. The van der Waals surface area contributed by atoms with E-state index in [1.54, 1.807) is 11.3 Å². The van der Waals surface area contributed by atoms with Gasteiger partial charge in [0.1, 0.15) is 0 Å². The number of aliphatic hydroxyl groups excluding tert-OH is 1. The maximum absolute atomic E-state index is 10.5. The van der Waals surface area contributed by atoms with Gasteiger partial charge in [-0.05, 0) is 68.2 Å². The number of benzene rings is 1. The lowest BCUT2D eigenvalue weighted by molar-refractivity contribution is 0.157. The van der Waals surface area contributed by atoms with Gasteiger partial charge in [-0.2, -0.15) is 0 Å². The van der Waals surface area contributed by atoms with Crippen LogP contribution in [0.5, 0.6) is 0 Å². The van der Waals surface area contributed by atoms with Crippen LogP contribution in [0.4, 0.5) is 0 Å². The maximum atomic E-state index is 10.5. The van der Waals surface area contributed by atoms with Gasteiger partial charge in [-0.15, -0.1) is 11.3 Å². The highest BCUT2D eigenvalue weighted by Gasteiger charge is 2.23. The lowest BCUT2D eigenvalue weighted by Gasteiger charge is -2.27. The third kappa shape index (κ3) is 2.68. The SMILES string of the molecule is Cc1cc(C(O)CC2CCCc3ccccc32)sc1C. The van der Waals surface area contributed by atoms with E-state index in [1.807, 2.05) is 0 Å². The molecule has 2 atom stereocenters. The highest BCUT2D eigenvalue weighted by atomic mass is 32.1. The minimum absolute atomic E-state index is 0.316. The molecule has 2 unspecified atom stereocenters. The van der Waals surface area contributed by atoms with Gasteiger partial charge in [0.05, 0.1) is 6.10 Å². The van der Waals surface area contributed by atoms with Gasteiger partial charge in [0, 0.05) is 9.75 Å². The van der Waals surface area contributed by atoms with Crippen molar-refractivity contribution in [2.45, 2.75) is 51.6 Å². The molecule has 0 aliphatic heterocycles. The summed E-state index contributed by atoms with van der Waals surface area (Å²) in [7, 11) is 0. The molecule has 0 amide bonds. The average Bonchev–Trinajstić information content (AvgIpc) is 2.79. The van der Waals surface area contributed by atoms with Crippen LogP contribution in [0.2, 0.25) is 0 Å². The molecule has 1 aliphatic carbocycles. The van der Waals surface area contributed by atoms with Crippen molar-refractivity contribution in [3.63, 3.8) is 0 Å². The molecule has 1 N–H and O–H groups in total. The number of thiophene rings is 1. The van der Waals surface area contributed by atoms with Crippen molar-refractivity contribution >= 4 is 11.3 Å². The predicted molar refractivity (Wildman–Crippen MR) is 85.5 cm³/mol. The molecule has 1 nitrogen and oxygen atoms in total. The summed E-state index contributed by atoms with van der Waals surface area (Å²) >= 11 is 1.74. The van der Waals surface area contributed by atoms with Gasteiger partial charge in [0.2, 0.25) is 0 Å². The van der Waals surface area contributed by atoms with E-state index in [2.05, 4.69) is 44.2 Å². The Morgan fingerprint density at radius 2 is 2.10 bits per heavy atom. The van der Waals surface area contributed by atoms with Crippen LogP contribution in [0.15, 0.2) is 30.3 Å². The van der Waals surface area contributed by atoms with E-state index in [0.717, 1.165) is 11.3 Å². The fraction of sp³-hybridized carbons (Fsp3) is 0.444. The van der Waals surface area contributed by atoms with Gasteiger partial charge < -0.3 is 5.11 Å². The quantitative estimate of drug-likeness (QED) is 0.850. The van der Waals surface area contributed by atoms with Crippen LogP contribution in [-0.2, 0) is 6.42 Å². The van der Waals surface area contributed by atoms with Crippen molar-refractivity contribution in [3.05, 3.63) is 56.8 Å². The largest absolute Gasteiger partial charge is 0.388 e. The number of fused-ring (bicyclic) bond motifs is 1. The Morgan fingerprint density at radius 3 is 2.85 bits per heavy atom. The first-order valence-electron chi connectivity index (χ1n) is 7.48. The van der Waals surface area contributed by atoms with E-state index in [0.29, 0.717) is 5.92 Å². The van der Waals surface area contributed by atoms with Crippen LogP contribution < -0.4 is 0 Å². The minimum atomic E-state index is -0.316. The molecule has 0 spiro atoms. The molecule has 2 heteroatoms. The van der Waals surface area contributed by atoms with E-state index >= 15 is 0 Å². The van der Waals surface area contributed by atoms with Crippen molar-refractivity contribution in [2.75, 3.05) is 0 Å². The Morgan fingerprint density at radius 1 is 1.30 bits per heavy atom. The number of aryl methyl sites for hydroxylation is 3. The summed E-state index contributed by atoms with van der Waals surface area (Å²) in [6.07, 6.45) is 4.19. The van der Waals surface area contributed by atoms with Crippen molar-refractivity contribution in [1.82, 2.24) is 0 Å². The lowest BCUT2D eigenvalue weighted by Crippen LogP contribution is -2.12. The molecule has 2 aromatic rings. The van der Waals surface area contributed by atoms with Crippen molar-refractivity contribution in [2.24, 2.45) is 0 Å². The monoisotopic (exact) mass is 286 g/mol. The molecule has 0 radical (unpaired) electrons. The van der Waals surface area contributed by atoms with Gasteiger partial charge in [-0.3, -0.25) is 0 Å². The molecule has 1 aromatic carbocycles. The van der Waals surface area contributed by atoms with Crippen LogP contribution in [0, 0.1) is 13.8 Å². The Balaban J connectivity index is 1.78. The first-order valence-corrected chi connectivity index (χ1v) is 8.29. The maximum Gasteiger partial charge on any atom is 0.0888 e. The summed E-state index contributed by atoms with van der Waals surface area (Å²) in [6, 6.07) is 10.9. The van der Waals surface area contributed by atoms with Crippen LogP contribution in [-0.4, -0.2) is 5.11 Å². The van der Waals surface area contributed by atoms with Gasteiger partial charge >= 0.3 is 0 Å². The zero-order valence-corrected chi connectivity index (χ0v) is 13.0. The van der Waals surface area contributed by atoms with Gasteiger partial charge in [-0.25, -0.2) is 0 Å². The summed E-state index contributed by atoms with van der Waals surface area (Å²) in [5, 5.41) is 10.5. The normalized spacial score (nSPS) is 19.6. The number of rotatable bonds is 3. The van der Waals surface area contributed by atoms with Crippen LogP contribution >= 0.6 is 11.3 Å². The minimum Gasteiger partial charge on any atom is -0.388 e. The fourth-order valence-electron chi connectivity index (χ4n) is 3.25. The molecule has 0 fully saturated rings. The Hall–Kier alpha value is -1.12. The molecule has 1 heterocycles. The van der Waals surface area contributed by atoms with E-state index in [1.165, 1.54) is 40.8 Å². The van der Waals surface area contributed by atoms with Crippen molar-refractivity contribution in [1.29, 1.82) is 0 Å². The van der Waals surface area contributed by atoms with Crippen molar-refractivity contribution in [3.8, 4) is 0 Å². The molecule has 1 aromatic heterocycles. The molecule has 1 aliphatic rings. The van der Waals surface area contributed by atoms with Crippen LogP contribution in [0.25, 0.3) is 0 Å². The van der Waals surface area contributed by atoms with Gasteiger partial charge in [-0.1, -0.05) is 24.3 Å². The summed E-state index contributed by atoms with van der Waals surface area (Å²) in [6.45, 7) is 4.25. The van der Waals surface area contributed by atoms with E-state index < -0.39 is 0 Å². The smallest absolute Gasteiger partial charge is 0.0888 e. The molecule has 0 saturated heterocycles. The molecular weight excluding hydrogens is 264 g/mol. The second-order valence-electron chi connectivity index (χ2n) is 5.93. The topological polar surface area (TPSA) is 20.2 Å². The molecule has 20 heavy (non-hydrogen) atoms. The molecule has 106 valence electrons. The van der Waals surface area contributed by atoms with E-state index in [-0.39, 0.29) is 6.10 Å². The Kier molecular flexibility index (Phi) is 3.95. The number of aliphatic hydroxyl groups is 1. The van der Waals surface area contributed by atoms with Gasteiger partial charge in [0.15, 0.2) is 0 Å². The second-order valence-corrected chi connectivity index (χ2v) is 7.22. The highest BCUT2D eigenvalue weighted by molar-refractivity contribution is 7.12.